The number of thiocarbonyl (C=S) groups is 1. The van der Waals surface area contributed by atoms with Gasteiger partial charge in [-0.2, -0.15) is 0 Å². The highest BCUT2D eigenvalue weighted by atomic mass is 32.1. The van der Waals surface area contributed by atoms with Crippen LogP contribution < -0.4 is 20.9 Å². The summed E-state index contributed by atoms with van der Waals surface area (Å²) in [7, 11) is 1.58. The molecule has 3 N–H and O–H groups in total. The predicted octanol–water partition coefficient (Wildman–Crippen LogP) is 0.296. The molecule has 0 spiro atoms. The molecule has 0 aliphatic heterocycles. The van der Waals surface area contributed by atoms with E-state index in [0.717, 1.165) is 11.3 Å². The van der Waals surface area contributed by atoms with Crippen LogP contribution in [-0.2, 0) is 20.7 Å². The molecule has 1 aromatic rings. The lowest BCUT2D eigenvalue weighted by molar-refractivity contribution is -0.126. The summed E-state index contributed by atoms with van der Waals surface area (Å²) in [4.78, 5) is 23.0. The van der Waals surface area contributed by atoms with Gasteiger partial charge < -0.3 is 14.8 Å². The van der Waals surface area contributed by atoms with E-state index in [9.17, 15) is 9.59 Å². The number of ether oxygens (including phenoxy) is 2. The molecule has 2 amide bonds. The van der Waals surface area contributed by atoms with Gasteiger partial charge in [0.15, 0.2) is 5.11 Å². The van der Waals surface area contributed by atoms with Gasteiger partial charge in [-0.1, -0.05) is 12.1 Å². The Kier molecular flexibility index (Phi) is 7.87. The summed E-state index contributed by atoms with van der Waals surface area (Å²) in [6.07, 6.45) is 0.165. The van der Waals surface area contributed by atoms with Crippen molar-refractivity contribution in [3.05, 3.63) is 29.8 Å². The predicted molar refractivity (Wildman–Crippen MR) is 85.2 cm³/mol. The van der Waals surface area contributed by atoms with Crippen LogP contribution >= 0.6 is 12.2 Å². The van der Waals surface area contributed by atoms with E-state index in [0.29, 0.717) is 6.61 Å². The number of benzene rings is 1. The zero-order chi connectivity index (χ0) is 16.4. The number of amides is 2. The summed E-state index contributed by atoms with van der Waals surface area (Å²) in [5.74, 6) is 0.0497. The van der Waals surface area contributed by atoms with Gasteiger partial charge in [-0.25, -0.2) is 0 Å². The smallest absolute Gasteiger partial charge is 0.264 e. The van der Waals surface area contributed by atoms with E-state index in [2.05, 4.69) is 16.2 Å². The zero-order valence-electron chi connectivity index (χ0n) is 12.5. The second-order valence-corrected chi connectivity index (χ2v) is 4.62. The SMILES string of the molecule is CCOCC(=O)NNC(=S)NC(=O)Cc1ccc(OC)cc1. The zero-order valence-corrected chi connectivity index (χ0v) is 13.3. The van der Waals surface area contributed by atoms with Gasteiger partial charge in [-0.05, 0) is 36.8 Å². The molecule has 7 nitrogen and oxygen atoms in total. The van der Waals surface area contributed by atoms with E-state index in [-0.39, 0.29) is 30.0 Å². The second kappa shape index (κ2) is 9.69. The molecule has 0 saturated carbocycles. The lowest BCUT2D eigenvalue weighted by Gasteiger charge is -2.10. The van der Waals surface area contributed by atoms with Gasteiger partial charge >= 0.3 is 0 Å². The molecule has 0 saturated heterocycles. The van der Waals surface area contributed by atoms with E-state index in [4.69, 9.17) is 21.7 Å². The molecule has 0 aliphatic carbocycles. The molecule has 1 rings (SSSR count). The van der Waals surface area contributed by atoms with Crippen LogP contribution in [0, 0.1) is 0 Å². The van der Waals surface area contributed by atoms with Crippen molar-refractivity contribution < 1.29 is 19.1 Å². The van der Waals surface area contributed by atoms with Crippen LogP contribution in [0.2, 0.25) is 0 Å². The first-order chi connectivity index (χ1) is 10.5. The average Bonchev–Trinajstić information content (AvgIpc) is 2.51. The summed E-state index contributed by atoms with van der Waals surface area (Å²) in [6, 6.07) is 7.12. The lowest BCUT2D eigenvalue weighted by Crippen LogP contribution is -2.49. The molecule has 0 heterocycles. The lowest BCUT2D eigenvalue weighted by atomic mass is 10.1. The molecule has 1 aromatic carbocycles. The number of rotatable bonds is 6. The standard InChI is InChI=1S/C14H19N3O4S/c1-3-21-9-13(19)16-17-14(22)15-12(18)8-10-4-6-11(20-2)7-5-10/h4-7H,3,8-9H2,1-2H3,(H,16,19)(H2,15,17,18,22). The molecule has 0 radical (unpaired) electrons. The number of methoxy groups -OCH3 is 1. The Morgan fingerprint density at radius 2 is 1.82 bits per heavy atom. The Morgan fingerprint density at radius 1 is 1.14 bits per heavy atom. The van der Waals surface area contributed by atoms with Crippen molar-refractivity contribution in [2.45, 2.75) is 13.3 Å². The largest absolute Gasteiger partial charge is 0.497 e. The molecule has 0 atom stereocenters. The van der Waals surface area contributed by atoms with Crippen LogP contribution in [-0.4, -0.2) is 37.3 Å². The molecule has 0 bridgehead atoms. The molecule has 8 heteroatoms. The number of carbonyl (C=O) groups is 2. The Balaban J connectivity index is 2.31. The van der Waals surface area contributed by atoms with Crippen molar-refractivity contribution >= 4 is 29.1 Å². The van der Waals surface area contributed by atoms with Crippen LogP contribution in [0.25, 0.3) is 0 Å². The maximum atomic E-state index is 11.8. The third-order valence-electron chi connectivity index (χ3n) is 2.53. The molecule has 0 aromatic heterocycles. The summed E-state index contributed by atoms with van der Waals surface area (Å²) < 4.78 is 9.95. The van der Waals surface area contributed by atoms with Gasteiger partial charge in [0.05, 0.1) is 13.5 Å². The highest BCUT2D eigenvalue weighted by Crippen LogP contribution is 2.11. The van der Waals surface area contributed by atoms with E-state index in [1.807, 2.05) is 0 Å². The number of carbonyl (C=O) groups excluding carboxylic acids is 2. The summed E-state index contributed by atoms with van der Waals surface area (Å²) in [5.41, 5.74) is 5.56. The fraction of sp³-hybridized carbons (Fsp3) is 0.357. The molecule has 0 fully saturated rings. The number of hydrogen-bond acceptors (Lipinski definition) is 5. The van der Waals surface area contributed by atoms with Crippen molar-refractivity contribution in [3.8, 4) is 5.75 Å². The third kappa shape index (κ3) is 7.00. The monoisotopic (exact) mass is 325 g/mol. The van der Waals surface area contributed by atoms with Gasteiger partial charge in [0.2, 0.25) is 5.91 Å². The van der Waals surface area contributed by atoms with Crippen molar-refractivity contribution in [1.29, 1.82) is 0 Å². The van der Waals surface area contributed by atoms with Gasteiger partial charge in [0.1, 0.15) is 12.4 Å². The Bertz CT molecular complexity index is 519. The van der Waals surface area contributed by atoms with Crippen LogP contribution in [0.3, 0.4) is 0 Å². The molecule has 0 unspecified atom stereocenters. The van der Waals surface area contributed by atoms with Gasteiger partial charge in [-0.15, -0.1) is 0 Å². The Morgan fingerprint density at radius 3 is 2.41 bits per heavy atom. The second-order valence-electron chi connectivity index (χ2n) is 4.21. The van der Waals surface area contributed by atoms with E-state index >= 15 is 0 Å². The van der Waals surface area contributed by atoms with Crippen LogP contribution in [0.15, 0.2) is 24.3 Å². The van der Waals surface area contributed by atoms with E-state index in [1.165, 1.54) is 0 Å². The fourth-order valence-electron chi connectivity index (χ4n) is 1.49. The maximum Gasteiger partial charge on any atom is 0.264 e. The summed E-state index contributed by atoms with van der Waals surface area (Å²) in [6.45, 7) is 2.15. The number of hydrazine groups is 1. The van der Waals surface area contributed by atoms with Crippen molar-refractivity contribution in [2.24, 2.45) is 0 Å². The Hall–Kier alpha value is -2.19. The Labute approximate surface area is 134 Å². The summed E-state index contributed by atoms with van der Waals surface area (Å²) in [5, 5.41) is 2.48. The van der Waals surface area contributed by atoms with E-state index in [1.54, 1.807) is 38.3 Å². The first-order valence-electron chi connectivity index (χ1n) is 6.64. The van der Waals surface area contributed by atoms with Crippen molar-refractivity contribution in [3.63, 3.8) is 0 Å². The minimum Gasteiger partial charge on any atom is -0.497 e. The highest BCUT2D eigenvalue weighted by molar-refractivity contribution is 7.80. The molecule has 0 aliphatic rings. The van der Waals surface area contributed by atoms with Gasteiger partial charge in [0.25, 0.3) is 5.91 Å². The van der Waals surface area contributed by atoms with Crippen molar-refractivity contribution in [2.75, 3.05) is 20.3 Å². The average molecular weight is 325 g/mol. The van der Waals surface area contributed by atoms with E-state index < -0.39 is 0 Å². The van der Waals surface area contributed by atoms with Crippen LogP contribution in [0.4, 0.5) is 0 Å². The maximum absolute atomic E-state index is 11.8. The topological polar surface area (TPSA) is 88.7 Å². The molecule has 120 valence electrons. The minimum atomic E-state index is -0.381. The number of nitrogens with one attached hydrogen (secondary N) is 3. The van der Waals surface area contributed by atoms with Crippen molar-refractivity contribution in [1.82, 2.24) is 16.2 Å². The summed E-state index contributed by atoms with van der Waals surface area (Å²) >= 11 is 4.90. The van der Waals surface area contributed by atoms with Crippen LogP contribution in [0.1, 0.15) is 12.5 Å². The first-order valence-corrected chi connectivity index (χ1v) is 7.05. The first kappa shape index (κ1) is 17.9. The van der Waals surface area contributed by atoms with Gasteiger partial charge in [-0.3, -0.25) is 20.4 Å². The molecule has 22 heavy (non-hydrogen) atoms. The molecular weight excluding hydrogens is 306 g/mol. The third-order valence-corrected chi connectivity index (χ3v) is 2.73. The highest BCUT2D eigenvalue weighted by Gasteiger charge is 2.07. The quantitative estimate of drug-likeness (QED) is 0.515. The van der Waals surface area contributed by atoms with Crippen LogP contribution in [0.5, 0.6) is 5.75 Å². The molecular formula is C14H19N3O4S. The minimum absolute atomic E-state index is 0.0170. The normalized spacial score (nSPS) is 9.73. The van der Waals surface area contributed by atoms with Gasteiger partial charge in [0, 0.05) is 6.61 Å². The number of hydrogen-bond donors (Lipinski definition) is 3. The fourth-order valence-corrected chi connectivity index (χ4v) is 1.65.